The summed E-state index contributed by atoms with van der Waals surface area (Å²) in [6.45, 7) is 0.716. The van der Waals surface area contributed by atoms with Crippen molar-refractivity contribution in [2.24, 2.45) is 11.1 Å². The normalized spacial score (nSPS) is 28.4. The van der Waals surface area contributed by atoms with Gasteiger partial charge in [-0.2, -0.15) is 15.2 Å². The number of aromatic nitrogens is 3. The molecule has 8 rings (SSSR count). The average molecular weight is 817 g/mol. The minimum atomic E-state index is -9.85. The number of rotatable bonds is 7. The first-order valence-corrected chi connectivity index (χ1v) is 20.1. The number of thioether (sulfide) groups is 1. The van der Waals surface area contributed by atoms with Crippen LogP contribution in [0.4, 0.5) is 39.8 Å². The third kappa shape index (κ3) is 5.70. The van der Waals surface area contributed by atoms with Crippen LogP contribution in [0.3, 0.4) is 0 Å². The van der Waals surface area contributed by atoms with E-state index >= 15 is 8.78 Å². The largest absolute Gasteiger partial charge is 0.489 e. The number of nitrogens with zero attached hydrogens (tertiary/aromatic N) is 6. The van der Waals surface area contributed by atoms with E-state index in [0.717, 1.165) is 17.8 Å². The van der Waals surface area contributed by atoms with E-state index in [0.29, 0.717) is 12.0 Å². The quantitative estimate of drug-likeness (QED) is 0.222. The van der Waals surface area contributed by atoms with Crippen LogP contribution >= 0.6 is 33.6 Å². The molecule has 2 fully saturated rings. The SMILES string of the molecule is C[C@H](c1cccnc1N)N1CCOc2c(Cl)c(C3C=CC(F)=C4SC(N)=C[C@@]43C#N)c(F)c3nc(OC[C@@]45CCCN4C[C@@H](S(F)(F)(F)(F)F)C5)nc1c23. The van der Waals surface area contributed by atoms with Crippen LogP contribution in [-0.2, 0) is 0 Å². The van der Waals surface area contributed by atoms with E-state index in [2.05, 4.69) is 21.0 Å². The van der Waals surface area contributed by atoms with Crippen LogP contribution in [0.25, 0.3) is 10.9 Å². The molecule has 5 aliphatic rings. The molecule has 2 saturated heterocycles. The van der Waals surface area contributed by atoms with Crippen LogP contribution in [0.1, 0.15) is 49.3 Å². The van der Waals surface area contributed by atoms with Crippen LogP contribution in [0, 0.1) is 22.6 Å². The molecular weight excluding hydrogens is 785 g/mol. The molecule has 54 heavy (non-hydrogen) atoms. The Morgan fingerprint density at radius 3 is 2.70 bits per heavy atom. The van der Waals surface area contributed by atoms with Gasteiger partial charge in [0.15, 0.2) is 11.6 Å². The molecule has 1 unspecified atom stereocenters. The first-order chi connectivity index (χ1) is 25.3. The number of hydrogen-bond donors (Lipinski definition) is 2. The zero-order valence-corrected chi connectivity index (χ0v) is 30.7. The van der Waals surface area contributed by atoms with Gasteiger partial charge in [0.05, 0.1) is 44.5 Å². The molecule has 4 N–H and O–H groups in total. The average Bonchev–Trinajstić information content (AvgIpc) is 3.74. The predicted octanol–water partition coefficient (Wildman–Crippen LogP) is 8.54. The molecule has 20 heteroatoms. The van der Waals surface area contributed by atoms with Gasteiger partial charge in [0.2, 0.25) is 0 Å². The third-order valence-corrected chi connectivity index (χ3v) is 14.1. The van der Waals surface area contributed by atoms with Gasteiger partial charge in [-0.3, -0.25) is 4.90 Å². The highest BCUT2D eigenvalue weighted by Gasteiger charge is 2.74. The lowest BCUT2D eigenvalue weighted by atomic mass is 9.70. The maximum absolute atomic E-state index is 17.4. The molecule has 10 nitrogen and oxygen atoms in total. The second-order valence-electron chi connectivity index (χ2n) is 14.2. The van der Waals surface area contributed by atoms with Crippen molar-refractivity contribution in [1.82, 2.24) is 19.9 Å². The lowest BCUT2D eigenvalue weighted by Crippen LogP contribution is -2.43. The number of halogens is 8. The summed E-state index contributed by atoms with van der Waals surface area (Å²) in [5.41, 5.74) is 9.07. The number of allylic oxidation sites excluding steroid dienone is 5. The van der Waals surface area contributed by atoms with E-state index in [-0.39, 0.29) is 74.9 Å². The lowest BCUT2D eigenvalue weighted by molar-refractivity contribution is 0.108. The number of nitriles is 1. The van der Waals surface area contributed by atoms with Gasteiger partial charge in [-0.25, -0.2) is 13.8 Å². The Morgan fingerprint density at radius 2 is 1.98 bits per heavy atom. The molecule has 0 amide bonds. The third-order valence-electron chi connectivity index (χ3n) is 11.1. The number of fused-ring (bicyclic) bond motifs is 2. The van der Waals surface area contributed by atoms with Crippen LogP contribution in [0.2, 0.25) is 5.02 Å². The van der Waals surface area contributed by atoms with Gasteiger partial charge in [0.25, 0.3) is 10.2 Å². The summed E-state index contributed by atoms with van der Waals surface area (Å²) in [6, 6.07) is 4.51. The zero-order valence-electron chi connectivity index (χ0n) is 28.3. The number of benzene rings is 1. The Labute approximate surface area is 313 Å². The van der Waals surface area contributed by atoms with E-state index < -0.39 is 75.6 Å². The molecule has 4 aliphatic heterocycles. The second kappa shape index (κ2) is 11.7. The number of nitrogens with two attached hydrogens (primary N) is 2. The van der Waals surface area contributed by atoms with Crippen LogP contribution in [0.15, 0.2) is 52.3 Å². The van der Waals surface area contributed by atoms with Crippen molar-refractivity contribution in [1.29, 1.82) is 5.26 Å². The van der Waals surface area contributed by atoms with Crippen molar-refractivity contribution in [2.75, 3.05) is 43.5 Å². The van der Waals surface area contributed by atoms with E-state index in [9.17, 15) is 24.7 Å². The Kier molecular flexibility index (Phi) is 7.98. The van der Waals surface area contributed by atoms with Gasteiger partial charge in [0.1, 0.15) is 46.9 Å². The van der Waals surface area contributed by atoms with Gasteiger partial charge in [0, 0.05) is 29.8 Å². The fourth-order valence-electron chi connectivity index (χ4n) is 8.46. The summed E-state index contributed by atoms with van der Waals surface area (Å²) in [5.74, 6) is -2.71. The number of anilines is 2. The summed E-state index contributed by atoms with van der Waals surface area (Å²) in [4.78, 5) is 16.3. The highest BCUT2D eigenvalue weighted by Crippen LogP contribution is 3.01. The Balaban J connectivity index is 1.29. The molecule has 1 aliphatic carbocycles. The van der Waals surface area contributed by atoms with Crippen molar-refractivity contribution >= 4 is 56.1 Å². The number of hydrogen-bond acceptors (Lipinski definition) is 11. The zero-order chi connectivity index (χ0) is 38.6. The smallest absolute Gasteiger partial charge is 0.319 e. The van der Waals surface area contributed by atoms with Gasteiger partial charge < -0.3 is 25.8 Å². The van der Waals surface area contributed by atoms with Crippen molar-refractivity contribution in [3.05, 3.63) is 74.3 Å². The summed E-state index contributed by atoms with van der Waals surface area (Å²) in [7, 11) is -9.85. The number of pyridine rings is 1. The number of ether oxygens (including phenoxy) is 2. The summed E-state index contributed by atoms with van der Waals surface area (Å²) in [5, 5.41) is 7.58. The molecule has 5 atom stereocenters. The minimum absolute atomic E-state index is 0.0167. The molecule has 0 spiro atoms. The maximum atomic E-state index is 17.4. The van der Waals surface area contributed by atoms with Gasteiger partial charge in [-0.15, -0.1) is 0 Å². The Hall–Kier alpha value is -4.12. The molecule has 288 valence electrons. The van der Waals surface area contributed by atoms with E-state index in [1.165, 1.54) is 23.2 Å². The topological polar surface area (TPSA) is 139 Å². The highest BCUT2D eigenvalue weighted by molar-refractivity contribution is 8.46. The Morgan fingerprint density at radius 1 is 1.20 bits per heavy atom. The highest BCUT2D eigenvalue weighted by atomic mass is 35.5. The monoisotopic (exact) mass is 816 g/mol. The van der Waals surface area contributed by atoms with E-state index in [1.54, 1.807) is 24.0 Å². The Bertz CT molecular complexity index is 2270. The first kappa shape index (κ1) is 36.8. The van der Waals surface area contributed by atoms with E-state index in [1.807, 2.05) is 0 Å². The molecule has 2 aromatic heterocycles. The molecular formula is C34H32ClF7N8O2S2. The maximum Gasteiger partial charge on any atom is 0.319 e. The van der Waals surface area contributed by atoms with Gasteiger partial charge in [-0.05, 0) is 50.9 Å². The summed E-state index contributed by atoms with van der Waals surface area (Å²) < 4.78 is 115. The van der Waals surface area contributed by atoms with E-state index in [4.69, 9.17) is 32.5 Å². The molecule has 0 bridgehead atoms. The second-order valence-corrected chi connectivity index (χ2v) is 18.4. The minimum Gasteiger partial charge on any atom is -0.489 e. The first-order valence-electron chi connectivity index (χ1n) is 16.9. The fraction of sp³-hybridized carbons (Fsp3) is 0.412. The molecule has 6 heterocycles. The standard InChI is InChI=1S/C34H32ClF7N8O2S2/c1-17(19-4-2-8-46-30(19)45)50-10-11-51-28-24-27(26(37)23(25(28)35)20-5-6-21(36)29-34(20,15-43)13-22(44)53-29)47-32(48-31(24)50)52-16-33-7-3-9-49(33)14-18(12-33)54(38,39,40,41)42/h2,4-6,8,13,17-18,20H,3,7,9-12,14,16,44H2,1H3,(H2,45,46)/t17-,18+,20?,33+,34+/m1/s1. The lowest BCUT2D eigenvalue weighted by Gasteiger charge is -2.46. The molecule has 0 radical (unpaired) electrons. The van der Waals surface area contributed by atoms with Gasteiger partial charge >= 0.3 is 6.01 Å². The van der Waals surface area contributed by atoms with Crippen molar-refractivity contribution in [2.45, 2.75) is 48.9 Å². The summed E-state index contributed by atoms with van der Waals surface area (Å²) >= 11 is 7.85. The summed E-state index contributed by atoms with van der Waals surface area (Å²) in [6.07, 6.45) is 4.99. The predicted molar refractivity (Wildman–Crippen MR) is 193 cm³/mol. The van der Waals surface area contributed by atoms with Crippen LogP contribution < -0.4 is 25.8 Å². The van der Waals surface area contributed by atoms with Crippen LogP contribution in [0.5, 0.6) is 11.8 Å². The van der Waals surface area contributed by atoms with Crippen molar-refractivity contribution in [3.63, 3.8) is 0 Å². The van der Waals surface area contributed by atoms with Crippen LogP contribution in [-0.4, -0.2) is 63.5 Å². The molecule has 0 saturated carbocycles. The van der Waals surface area contributed by atoms with Gasteiger partial charge in [-0.1, -0.05) is 54.9 Å². The number of nitrogen functional groups attached to an aromatic ring is 1. The van der Waals surface area contributed by atoms with Crippen molar-refractivity contribution < 1.29 is 37.7 Å². The fourth-order valence-corrected chi connectivity index (χ4v) is 10.9. The molecule has 3 aromatic rings. The molecule has 1 aromatic carbocycles. The van der Waals surface area contributed by atoms with Crippen molar-refractivity contribution in [3.8, 4) is 17.8 Å².